The zero-order chi connectivity index (χ0) is 41.4. The minimum atomic E-state index is -0.669. The summed E-state index contributed by atoms with van der Waals surface area (Å²) in [6, 6.07) is 0. The van der Waals surface area contributed by atoms with E-state index in [1.807, 2.05) is 0 Å². The first-order valence-electron chi connectivity index (χ1n) is 24.1. The summed E-state index contributed by atoms with van der Waals surface area (Å²) in [5.74, 6) is -0.621. The zero-order valence-electron chi connectivity index (χ0n) is 37.6. The third-order valence-electron chi connectivity index (χ3n) is 10.9. The zero-order valence-corrected chi connectivity index (χ0v) is 37.6. The first-order chi connectivity index (χ1) is 27.9. The van der Waals surface area contributed by atoms with Gasteiger partial charge in [-0.15, -0.1) is 0 Å². The van der Waals surface area contributed by atoms with Crippen LogP contribution in [0.5, 0.6) is 0 Å². The highest BCUT2D eigenvalue weighted by atomic mass is 16.7. The van der Waals surface area contributed by atoms with Crippen LogP contribution in [-0.4, -0.2) is 67.5 Å². The van der Waals surface area contributed by atoms with Crippen molar-refractivity contribution in [2.45, 2.75) is 245 Å². The summed E-state index contributed by atoms with van der Waals surface area (Å²) < 4.78 is 24.2. The molecule has 0 saturated carbocycles. The third kappa shape index (κ3) is 31.4. The second kappa shape index (κ2) is 39.3. The maximum Gasteiger partial charge on any atom is 0.306 e. The second-order valence-electron chi connectivity index (χ2n) is 16.4. The van der Waals surface area contributed by atoms with E-state index in [9.17, 15) is 14.4 Å². The van der Waals surface area contributed by atoms with Gasteiger partial charge in [-0.25, -0.2) is 0 Å². The standard InChI is InChI=1S/C49H89NO7/c1-5-9-13-17-20-21-22-23-24-25-26-27-28-29-33-37-47(52)56-44-42-50(46(51)36-32-16-12-8-4)43-45(44)57-48(53)38-39-49(54-40-34-30-18-14-10-6-2)55-41-35-31-19-15-11-7-3/h20-21,23-24,44-45,49H,5-19,22,25-43H2,1-4H3/b21-20-,24-23-. The lowest BCUT2D eigenvalue weighted by molar-refractivity contribution is -0.169. The lowest BCUT2D eigenvalue weighted by Gasteiger charge is -2.21. The second-order valence-corrected chi connectivity index (χ2v) is 16.4. The van der Waals surface area contributed by atoms with Crippen LogP contribution in [0.25, 0.3) is 0 Å². The van der Waals surface area contributed by atoms with Gasteiger partial charge in [-0.3, -0.25) is 14.4 Å². The summed E-state index contributed by atoms with van der Waals surface area (Å²) in [4.78, 5) is 41.1. The van der Waals surface area contributed by atoms with Crippen molar-refractivity contribution in [1.29, 1.82) is 0 Å². The minimum Gasteiger partial charge on any atom is -0.456 e. The first kappa shape index (κ1) is 52.8. The number of hydrogen-bond donors (Lipinski definition) is 0. The lowest BCUT2D eigenvalue weighted by atomic mass is 10.1. The largest absolute Gasteiger partial charge is 0.456 e. The molecule has 8 heteroatoms. The van der Waals surface area contributed by atoms with Gasteiger partial charge in [-0.2, -0.15) is 0 Å². The Morgan fingerprint density at radius 3 is 1.44 bits per heavy atom. The smallest absolute Gasteiger partial charge is 0.306 e. The number of carbonyl (C=O) groups excluding carboxylic acids is 3. The van der Waals surface area contributed by atoms with Crippen molar-refractivity contribution in [3.05, 3.63) is 24.3 Å². The number of allylic oxidation sites excluding steroid dienone is 4. The fourth-order valence-electron chi connectivity index (χ4n) is 7.22. The van der Waals surface area contributed by atoms with E-state index in [0.29, 0.717) is 32.5 Å². The minimum absolute atomic E-state index is 0.0330. The molecule has 0 bridgehead atoms. The maximum absolute atomic E-state index is 13.3. The highest BCUT2D eigenvalue weighted by Gasteiger charge is 2.40. The van der Waals surface area contributed by atoms with Gasteiger partial charge in [0.05, 0.1) is 19.5 Å². The Hall–Kier alpha value is -2.19. The molecular weight excluding hydrogens is 715 g/mol. The number of ether oxygens (including phenoxy) is 4. The van der Waals surface area contributed by atoms with E-state index in [2.05, 4.69) is 52.0 Å². The average molecular weight is 804 g/mol. The number of hydrogen-bond acceptors (Lipinski definition) is 7. The van der Waals surface area contributed by atoms with Crippen molar-refractivity contribution < 1.29 is 33.3 Å². The monoisotopic (exact) mass is 804 g/mol. The van der Waals surface area contributed by atoms with Gasteiger partial charge in [0, 0.05) is 32.5 Å². The Labute approximate surface area is 351 Å². The normalized spacial score (nSPS) is 15.8. The summed E-state index contributed by atoms with van der Waals surface area (Å²) in [5.41, 5.74) is 0. The third-order valence-corrected chi connectivity index (χ3v) is 10.9. The van der Waals surface area contributed by atoms with Gasteiger partial charge in [0.1, 0.15) is 0 Å². The molecule has 2 unspecified atom stereocenters. The van der Waals surface area contributed by atoms with Gasteiger partial charge in [0.15, 0.2) is 18.5 Å². The predicted molar refractivity (Wildman–Crippen MR) is 236 cm³/mol. The molecule has 0 aromatic carbocycles. The van der Waals surface area contributed by atoms with E-state index in [4.69, 9.17) is 18.9 Å². The number of nitrogens with zero attached hydrogens (tertiary/aromatic N) is 1. The fraction of sp³-hybridized carbons (Fsp3) is 0.857. The SMILES string of the molecule is CCCCC/C=C\C/C=C\CCCCCCCC(=O)OC1CN(C(=O)CCCCCC)CC1OC(=O)CCC(OCCCCCCCC)OCCCCCCCC. The number of esters is 2. The van der Waals surface area contributed by atoms with E-state index >= 15 is 0 Å². The number of likely N-dealkylation sites (tertiary alicyclic amines) is 1. The fourth-order valence-corrected chi connectivity index (χ4v) is 7.22. The van der Waals surface area contributed by atoms with Gasteiger partial charge < -0.3 is 23.8 Å². The van der Waals surface area contributed by atoms with Crippen molar-refractivity contribution >= 4 is 17.8 Å². The molecule has 0 aromatic rings. The molecule has 1 aliphatic heterocycles. The van der Waals surface area contributed by atoms with Crippen molar-refractivity contribution in [2.75, 3.05) is 26.3 Å². The van der Waals surface area contributed by atoms with E-state index < -0.39 is 18.5 Å². The van der Waals surface area contributed by atoms with E-state index in [-0.39, 0.29) is 37.4 Å². The van der Waals surface area contributed by atoms with Crippen LogP contribution in [0.15, 0.2) is 24.3 Å². The summed E-state index contributed by atoms with van der Waals surface area (Å²) in [6.45, 7) is 10.6. The molecule has 0 aliphatic carbocycles. The molecule has 1 fully saturated rings. The van der Waals surface area contributed by atoms with Gasteiger partial charge in [-0.1, -0.05) is 168 Å². The number of unbranched alkanes of at least 4 members (excludes halogenated alkanes) is 21. The molecule has 57 heavy (non-hydrogen) atoms. The number of amides is 1. The molecule has 332 valence electrons. The highest BCUT2D eigenvalue weighted by Crippen LogP contribution is 2.22. The predicted octanol–water partition coefficient (Wildman–Crippen LogP) is 13.3. The average Bonchev–Trinajstić information content (AvgIpc) is 3.60. The molecule has 0 radical (unpaired) electrons. The van der Waals surface area contributed by atoms with Crippen molar-refractivity contribution in [2.24, 2.45) is 0 Å². The van der Waals surface area contributed by atoms with Crippen LogP contribution in [0.3, 0.4) is 0 Å². The van der Waals surface area contributed by atoms with Crippen molar-refractivity contribution in [3.63, 3.8) is 0 Å². The van der Waals surface area contributed by atoms with Gasteiger partial charge in [0.2, 0.25) is 5.91 Å². The van der Waals surface area contributed by atoms with Crippen LogP contribution in [0.4, 0.5) is 0 Å². The summed E-state index contributed by atoms with van der Waals surface area (Å²) >= 11 is 0. The topological polar surface area (TPSA) is 91.4 Å². The molecule has 1 aliphatic rings. The molecule has 0 aromatic heterocycles. The molecule has 1 heterocycles. The Bertz CT molecular complexity index is 996. The van der Waals surface area contributed by atoms with E-state index in [1.54, 1.807) is 4.90 Å². The Balaban J connectivity index is 2.59. The Morgan fingerprint density at radius 1 is 0.491 bits per heavy atom. The summed E-state index contributed by atoms with van der Waals surface area (Å²) in [5, 5.41) is 0. The molecular formula is C49H89NO7. The summed E-state index contributed by atoms with van der Waals surface area (Å²) in [7, 11) is 0. The van der Waals surface area contributed by atoms with Gasteiger partial charge in [0.25, 0.3) is 0 Å². The molecule has 1 rings (SSSR count). The van der Waals surface area contributed by atoms with E-state index in [1.165, 1.54) is 77.0 Å². The highest BCUT2D eigenvalue weighted by molar-refractivity contribution is 5.77. The quantitative estimate of drug-likeness (QED) is 0.0264. The summed E-state index contributed by atoms with van der Waals surface area (Å²) in [6.07, 6.45) is 39.3. The molecule has 0 spiro atoms. The van der Waals surface area contributed by atoms with Crippen LogP contribution in [-0.2, 0) is 33.3 Å². The van der Waals surface area contributed by atoms with Crippen molar-refractivity contribution in [1.82, 2.24) is 4.90 Å². The first-order valence-corrected chi connectivity index (χ1v) is 24.1. The number of rotatable bonds is 40. The molecule has 1 amide bonds. The lowest BCUT2D eigenvalue weighted by Crippen LogP contribution is -2.34. The maximum atomic E-state index is 13.3. The van der Waals surface area contributed by atoms with Gasteiger partial charge in [-0.05, 0) is 57.8 Å². The molecule has 2 atom stereocenters. The number of carbonyl (C=O) groups is 3. The Kier molecular flexibility index (Phi) is 36.4. The van der Waals surface area contributed by atoms with Crippen LogP contribution in [0.1, 0.15) is 227 Å². The van der Waals surface area contributed by atoms with Crippen LogP contribution in [0, 0.1) is 0 Å². The van der Waals surface area contributed by atoms with Crippen LogP contribution in [0.2, 0.25) is 0 Å². The van der Waals surface area contributed by atoms with Crippen LogP contribution >= 0.6 is 0 Å². The van der Waals surface area contributed by atoms with Crippen LogP contribution < -0.4 is 0 Å². The molecule has 8 nitrogen and oxygen atoms in total. The molecule has 1 saturated heterocycles. The molecule has 0 N–H and O–H groups in total. The van der Waals surface area contributed by atoms with E-state index in [0.717, 1.165) is 96.3 Å². The Morgan fingerprint density at radius 2 is 0.895 bits per heavy atom. The van der Waals surface area contributed by atoms with Crippen molar-refractivity contribution in [3.8, 4) is 0 Å². The van der Waals surface area contributed by atoms with Gasteiger partial charge >= 0.3 is 11.9 Å².